The van der Waals surface area contributed by atoms with Crippen LogP contribution in [0.4, 0.5) is 10.5 Å². The van der Waals surface area contributed by atoms with E-state index in [1.807, 2.05) is 32.0 Å². The summed E-state index contributed by atoms with van der Waals surface area (Å²) in [6, 6.07) is 10.3. The molecular weight excluding hydrogens is 420 g/mol. The van der Waals surface area contributed by atoms with Gasteiger partial charge in [0, 0.05) is 11.8 Å². The van der Waals surface area contributed by atoms with Crippen molar-refractivity contribution in [1.82, 2.24) is 25.5 Å². The predicted molar refractivity (Wildman–Crippen MR) is 114 cm³/mol. The van der Waals surface area contributed by atoms with Crippen LogP contribution in [0.5, 0.6) is 11.5 Å². The van der Waals surface area contributed by atoms with Gasteiger partial charge in [-0.3, -0.25) is 10.1 Å². The van der Waals surface area contributed by atoms with Crippen molar-refractivity contribution in [1.29, 1.82) is 0 Å². The molecule has 0 saturated heterocycles. The third-order valence-electron chi connectivity index (χ3n) is 4.42. The predicted octanol–water partition coefficient (Wildman–Crippen LogP) is 2.49. The number of thioether (sulfide) groups is 1. The number of aromatic nitrogens is 4. The summed E-state index contributed by atoms with van der Waals surface area (Å²) in [4.78, 5) is 24.4. The van der Waals surface area contributed by atoms with Gasteiger partial charge >= 0.3 is 6.03 Å². The number of rotatable bonds is 5. The maximum absolute atomic E-state index is 12.2. The van der Waals surface area contributed by atoms with Crippen LogP contribution in [0.1, 0.15) is 11.1 Å². The van der Waals surface area contributed by atoms with Gasteiger partial charge in [0.05, 0.1) is 11.4 Å². The first-order valence-electron chi connectivity index (χ1n) is 9.49. The van der Waals surface area contributed by atoms with Crippen LogP contribution in [0.25, 0.3) is 5.69 Å². The molecule has 1 aromatic heterocycles. The number of carbonyl (C=O) groups excluding carboxylic acids is 2. The van der Waals surface area contributed by atoms with Crippen LogP contribution in [0.15, 0.2) is 41.6 Å². The van der Waals surface area contributed by atoms with Gasteiger partial charge in [-0.15, -0.1) is 5.10 Å². The highest BCUT2D eigenvalue weighted by Crippen LogP contribution is 2.32. The molecule has 3 amide bonds. The Morgan fingerprint density at radius 1 is 1.10 bits per heavy atom. The lowest BCUT2D eigenvalue weighted by Gasteiger charge is -2.19. The molecule has 10 nitrogen and oxygen atoms in total. The molecule has 3 aromatic rings. The number of hydrogen-bond acceptors (Lipinski definition) is 8. The highest BCUT2D eigenvalue weighted by atomic mass is 32.2. The minimum absolute atomic E-state index is 0.0280. The topological polar surface area (TPSA) is 120 Å². The van der Waals surface area contributed by atoms with E-state index in [9.17, 15) is 9.59 Å². The van der Waals surface area contributed by atoms with E-state index in [1.165, 1.54) is 0 Å². The van der Waals surface area contributed by atoms with Crippen molar-refractivity contribution in [2.75, 3.05) is 24.3 Å². The Morgan fingerprint density at radius 2 is 1.90 bits per heavy atom. The largest absolute Gasteiger partial charge is 0.486 e. The summed E-state index contributed by atoms with van der Waals surface area (Å²) >= 11 is 1.14. The molecule has 0 bridgehead atoms. The average Bonchev–Trinajstić information content (AvgIpc) is 3.22. The van der Waals surface area contributed by atoms with E-state index in [0.717, 1.165) is 28.6 Å². The molecule has 0 saturated carbocycles. The fraction of sp³-hybridized carbons (Fsp3) is 0.250. The van der Waals surface area contributed by atoms with Crippen molar-refractivity contribution in [2.45, 2.75) is 19.0 Å². The summed E-state index contributed by atoms with van der Waals surface area (Å²) in [5.74, 6) is 0.658. The molecule has 1 aliphatic heterocycles. The van der Waals surface area contributed by atoms with Gasteiger partial charge in [0.1, 0.15) is 13.2 Å². The highest BCUT2D eigenvalue weighted by Gasteiger charge is 2.16. The van der Waals surface area contributed by atoms with Crippen LogP contribution in [0, 0.1) is 13.8 Å². The Hall–Kier alpha value is -3.60. The normalized spacial score (nSPS) is 12.3. The van der Waals surface area contributed by atoms with Gasteiger partial charge in [0.15, 0.2) is 11.5 Å². The third-order valence-corrected chi connectivity index (χ3v) is 5.34. The summed E-state index contributed by atoms with van der Waals surface area (Å²) in [6.07, 6.45) is 0. The summed E-state index contributed by atoms with van der Waals surface area (Å²) in [6.45, 7) is 4.87. The van der Waals surface area contributed by atoms with Gasteiger partial charge in [-0.1, -0.05) is 23.9 Å². The number of hydrogen-bond donors (Lipinski definition) is 2. The standard InChI is InChI=1S/C20H20N6O4S/c1-12-3-4-13(2)15(9-12)26-20(23-24-25-26)31-11-18(27)22-19(28)21-14-5-6-16-17(10-14)30-8-7-29-16/h3-6,9-10H,7-8,11H2,1-2H3,(H2,21,22,27,28). The first-order chi connectivity index (χ1) is 15.0. The van der Waals surface area contributed by atoms with E-state index in [1.54, 1.807) is 22.9 Å². The van der Waals surface area contributed by atoms with Crippen LogP contribution in [-0.2, 0) is 4.79 Å². The van der Waals surface area contributed by atoms with Crippen molar-refractivity contribution in [3.8, 4) is 17.2 Å². The maximum Gasteiger partial charge on any atom is 0.325 e. The number of benzene rings is 2. The van der Waals surface area contributed by atoms with Crippen molar-refractivity contribution >= 4 is 29.4 Å². The highest BCUT2D eigenvalue weighted by molar-refractivity contribution is 7.99. The molecule has 31 heavy (non-hydrogen) atoms. The average molecular weight is 440 g/mol. The lowest BCUT2D eigenvalue weighted by atomic mass is 10.1. The SMILES string of the molecule is Cc1ccc(C)c(-n2nnnc2SCC(=O)NC(=O)Nc2ccc3c(c2)OCCO3)c1. The number of ether oxygens (including phenoxy) is 2. The maximum atomic E-state index is 12.2. The molecule has 0 fully saturated rings. The second-order valence-electron chi connectivity index (χ2n) is 6.81. The Morgan fingerprint density at radius 3 is 2.74 bits per heavy atom. The minimum Gasteiger partial charge on any atom is -0.486 e. The molecule has 0 unspecified atom stereocenters. The first kappa shape index (κ1) is 20.7. The number of nitrogens with one attached hydrogen (secondary N) is 2. The monoisotopic (exact) mass is 440 g/mol. The third kappa shape index (κ3) is 4.94. The molecule has 2 heterocycles. The molecular formula is C20H20N6O4S. The van der Waals surface area contributed by atoms with Gasteiger partial charge in [-0.2, -0.15) is 4.68 Å². The number of anilines is 1. The quantitative estimate of drug-likeness (QED) is 0.581. The van der Waals surface area contributed by atoms with Gasteiger partial charge in [-0.05, 0) is 53.6 Å². The van der Waals surface area contributed by atoms with E-state index in [0.29, 0.717) is 35.6 Å². The smallest absolute Gasteiger partial charge is 0.325 e. The zero-order chi connectivity index (χ0) is 21.8. The molecule has 2 aromatic carbocycles. The number of nitrogens with zero attached hydrogens (tertiary/aromatic N) is 4. The summed E-state index contributed by atoms with van der Waals surface area (Å²) < 4.78 is 12.5. The molecule has 4 rings (SSSR count). The second-order valence-corrected chi connectivity index (χ2v) is 7.76. The Kier molecular flexibility index (Phi) is 6.03. The minimum atomic E-state index is -0.642. The van der Waals surface area contributed by atoms with E-state index >= 15 is 0 Å². The van der Waals surface area contributed by atoms with Crippen molar-refractivity contribution in [3.63, 3.8) is 0 Å². The van der Waals surface area contributed by atoms with Gasteiger partial charge in [0.2, 0.25) is 11.1 Å². The summed E-state index contributed by atoms with van der Waals surface area (Å²) in [7, 11) is 0. The fourth-order valence-corrected chi connectivity index (χ4v) is 3.63. The number of carbonyl (C=O) groups is 2. The Labute approximate surface area is 182 Å². The molecule has 0 atom stereocenters. The van der Waals surface area contributed by atoms with E-state index < -0.39 is 11.9 Å². The zero-order valence-corrected chi connectivity index (χ0v) is 17.7. The van der Waals surface area contributed by atoms with Gasteiger partial charge in [-0.25, -0.2) is 4.79 Å². The zero-order valence-electron chi connectivity index (χ0n) is 16.9. The molecule has 0 aliphatic carbocycles. The van der Waals surface area contributed by atoms with Gasteiger partial charge < -0.3 is 14.8 Å². The number of imide groups is 1. The second kappa shape index (κ2) is 9.04. The summed E-state index contributed by atoms with van der Waals surface area (Å²) in [5.41, 5.74) is 3.40. The summed E-state index contributed by atoms with van der Waals surface area (Å²) in [5, 5.41) is 17.1. The molecule has 11 heteroatoms. The van der Waals surface area contributed by atoms with Crippen molar-refractivity contribution < 1.29 is 19.1 Å². The number of amides is 3. The number of urea groups is 1. The van der Waals surface area contributed by atoms with Crippen LogP contribution in [0.2, 0.25) is 0 Å². The Bertz CT molecular complexity index is 1130. The van der Waals surface area contributed by atoms with Gasteiger partial charge in [0.25, 0.3) is 0 Å². The van der Waals surface area contributed by atoms with Crippen LogP contribution in [-0.4, -0.2) is 51.1 Å². The van der Waals surface area contributed by atoms with E-state index in [2.05, 4.69) is 26.2 Å². The molecule has 0 radical (unpaired) electrons. The first-order valence-corrected chi connectivity index (χ1v) is 10.5. The number of tetrazole rings is 1. The molecule has 0 spiro atoms. The van der Waals surface area contributed by atoms with Crippen LogP contribution < -0.4 is 20.1 Å². The van der Waals surface area contributed by atoms with Crippen molar-refractivity contribution in [2.24, 2.45) is 0 Å². The lowest BCUT2D eigenvalue weighted by Crippen LogP contribution is -2.35. The number of aryl methyl sites for hydroxylation is 2. The number of fused-ring (bicyclic) bond motifs is 1. The molecule has 2 N–H and O–H groups in total. The molecule has 160 valence electrons. The fourth-order valence-electron chi connectivity index (χ4n) is 2.94. The lowest BCUT2D eigenvalue weighted by molar-refractivity contribution is -0.117. The van der Waals surface area contributed by atoms with E-state index in [-0.39, 0.29) is 5.75 Å². The van der Waals surface area contributed by atoms with Crippen LogP contribution >= 0.6 is 11.8 Å². The van der Waals surface area contributed by atoms with Crippen LogP contribution in [0.3, 0.4) is 0 Å². The molecule has 1 aliphatic rings. The van der Waals surface area contributed by atoms with E-state index in [4.69, 9.17) is 9.47 Å². The Balaban J connectivity index is 1.33. The van der Waals surface area contributed by atoms with Crippen molar-refractivity contribution in [3.05, 3.63) is 47.5 Å².